The van der Waals surface area contributed by atoms with Gasteiger partial charge >= 0.3 is 0 Å². The normalized spacial score (nSPS) is 11.0. The Labute approximate surface area is 180 Å². The van der Waals surface area contributed by atoms with Gasteiger partial charge < -0.3 is 11.1 Å². The lowest BCUT2D eigenvalue weighted by Crippen LogP contribution is -2.28. The molecule has 0 fully saturated rings. The summed E-state index contributed by atoms with van der Waals surface area (Å²) in [5.74, 6) is -0.232. The smallest absolute Gasteiger partial charge is 0.264 e. The van der Waals surface area contributed by atoms with Crippen molar-refractivity contribution < 1.29 is 13.2 Å². The van der Waals surface area contributed by atoms with Gasteiger partial charge in [0.2, 0.25) is 0 Å². The van der Waals surface area contributed by atoms with E-state index in [1.54, 1.807) is 36.4 Å². The Morgan fingerprint density at radius 2 is 1.97 bits per heavy atom. The lowest BCUT2D eigenvalue weighted by atomic mass is 10.1. The minimum atomic E-state index is -3.81. The summed E-state index contributed by atoms with van der Waals surface area (Å²) in [6.45, 7) is 0.337. The highest BCUT2D eigenvalue weighted by molar-refractivity contribution is 7.92. The van der Waals surface area contributed by atoms with Gasteiger partial charge in [0.05, 0.1) is 16.3 Å². The molecule has 4 N–H and O–H groups in total. The Kier molecular flexibility index (Phi) is 6.57. The predicted molar refractivity (Wildman–Crippen MR) is 117 cm³/mol. The summed E-state index contributed by atoms with van der Waals surface area (Å²) in [4.78, 5) is 12.5. The lowest BCUT2D eigenvalue weighted by Gasteiger charge is -2.19. The summed E-state index contributed by atoms with van der Waals surface area (Å²) in [6.07, 6.45) is 1.04. The van der Waals surface area contributed by atoms with Crippen LogP contribution in [0.5, 0.6) is 0 Å². The molecule has 9 nitrogen and oxygen atoms in total. The second kappa shape index (κ2) is 9.32. The number of nitrogens with one attached hydrogen (secondary N) is 2. The lowest BCUT2D eigenvalue weighted by molar-refractivity contribution is 0.0953. The Balaban J connectivity index is 1.64. The average molecular weight is 439 g/mol. The van der Waals surface area contributed by atoms with E-state index in [1.165, 1.54) is 29.6 Å². The average Bonchev–Trinajstić information content (AvgIpc) is 3.15. The number of nitrogens with two attached hydrogens (primary N) is 1. The van der Waals surface area contributed by atoms with Gasteiger partial charge in [0.25, 0.3) is 15.9 Å². The fraction of sp³-hybridized carbons (Fsp3) is 0.190. The zero-order valence-corrected chi connectivity index (χ0v) is 17.7. The largest absolute Gasteiger partial charge is 0.381 e. The molecule has 0 radical (unpaired) electrons. The van der Waals surface area contributed by atoms with Crippen molar-refractivity contribution >= 4 is 27.4 Å². The first-order valence-corrected chi connectivity index (χ1v) is 10.9. The molecule has 3 aromatic rings. The number of hydrogen-bond donors (Lipinski definition) is 3. The Morgan fingerprint density at radius 3 is 2.68 bits per heavy atom. The molecule has 0 bridgehead atoms. The predicted octanol–water partition coefficient (Wildman–Crippen LogP) is 2.05. The molecule has 0 atom stereocenters. The van der Waals surface area contributed by atoms with Gasteiger partial charge in [0.15, 0.2) is 5.82 Å². The van der Waals surface area contributed by atoms with E-state index in [1.807, 2.05) is 6.07 Å². The van der Waals surface area contributed by atoms with Crippen molar-refractivity contribution in [2.75, 3.05) is 23.6 Å². The van der Waals surface area contributed by atoms with Crippen LogP contribution >= 0.6 is 0 Å². The number of hydrogen-bond acceptors (Lipinski definition) is 6. The van der Waals surface area contributed by atoms with Crippen molar-refractivity contribution in [3.8, 4) is 6.07 Å². The van der Waals surface area contributed by atoms with Crippen LogP contribution in [-0.4, -0.2) is 38.1 Å². The number of aromatic nitrogens is 2. The fourth-order valence-corrected chi connectivity index (χ4v) is 4.24. The van der Waals surface area contributed by atoms with Crippen molar-refractivity contribution in [3.63, 3.8) is 0 Å². The van der Waals surface area contributed by atoms with Crippen LogP contribution in [0.25, 0.3) is 0 Å². The molecule has 2 aromatic carbocycles. The van der Waals surface area contributed by atoms with E-state index in [-0.39, 0.29) is 22.2 Å². The number of aromatic amines is 1. The van der Waals surface area contributed by atoms with Crippen molar-refractivity contribution in [2.45, 2.75) is 17.7 Å². The van der Waals surface area contributed by atoms with Gasteiger partial charge in [-0.2, -0.15) is 10.4 Å². The summed E-state index contributed by atoms with van der Waals surface area (Å²) in [6, 6.07) is 16.6. The van der Waals surface area contributed by atoms with Gasteiger partial charge in [-0.05, 0) is 43.2 Å². The van der Waals surface area contributed by atoms with Crippen molar-refractivity contribution in [2.24, 2.45) is 0 Å². The molecule has 0 saturated heterocycles. The number of benzene rings is 2. The van der Waals surface area contributed by atoms with Crippen molar-refractivity contribution in [1.29, 1.82) is 5.26 Å². The minimum absolute atomic E-state index is 0.0260. The van der Waals surface area contributed by atoms with Crippen LogP contribution in [0.4, 0.5) is 11.5 Å². The van der Waals surface area contributed by atoms with Gasteiger partial charge in [-0.3, -0.25) is 14.2 Å². The number of nitrogen functional groups attached to an aromatic ring is 1. The van der Waals surface area contributed by atoms with Crippen LogP contribution in [0.2, 0.25) is 0 Å². The summed E-state index contributed by atoms with van der Waals surface area (Å²) < 4.78 is 27.0. The number of H-pyrrole nitrogens is 1. The first kappa shape index (κ1) is 21.9. The van der Waals surface area contributed by atoms with Gasteiger partial charge in [-0.25, -0.2) is 8.42 Å². The third-order valence-electron chi connectivity index (χ3n) is 4.74. The maximum absolute atomic E-state index is 12.9. The number of nitriles is 1. The van der Waals surface area contributed by atoms with Crippen LogP contribution in [-0.2, 0) is 16.4 Å². The zero-order valence-electron chi connectivity index (χ0n) is 16.9. The standard InChI is InChI=1S/C21H22N6O3S/c1-27(16-8-3-2-4-9-16)31(29,30)17-10-5-7-15(13-17)21(28)24-12-6-11-19-18(14-22)20(23)26-25-19/h2-5,7-10,13H,6,11-12H2,1H3,(H,24,28)(H3,23,25,26). The molecular formula is C21H22N6O3S. The van der Waals surface area contributed by atoms with Crippen LogP contribution in [0.3, 0.4) is 0 Å². The molecule has 0 aliphatic heterocycles. The van der Waals surface area contributed by atoms with E-state index in [9.17, 15) is 13.2 Å². The third-order valence-corrected chi connectivity index (χ3v) is 6.53. The molecule has 0 saturated carbocycles. The zero-order chi connectivity index (χ0) is 22.4. The number of sulfonamides is 1. The number of nitrogens with zero attached hydrogens (tertiary/aromatic N) is 3. The summed E-state index contributed by atoms with van der Waals surface area (Å²) in [5.41, 5.74) is 7.29. The van der Waals surface area contributed by atoms with E-state index >= 15 is 0 Å². The molecule has 0 aliphatic rings. The highest BCUT2D eigenvalue weighted by Crippen LogP contribution is 2.22. The molecule has 10 heteroatoms. The first-order chi connectivity index (χ1) is 14.8. The molecule has 0 aliphatic carbocycles. The van der Waals surface area contributed by atoms with E-state index in [0.29, 0.717) is 36.3 Å². The number of para-hydroxylation sites is 1. The molecule has 0 spiro atoms. The van der Waals surface area contributed by atoms with Crippen molar-refractivity contribution in [1.82, 2.24) is 15.5 Å². The van der Waals surface area contributed by atoms with Crippen LogP contribution in [0.1, 0.15) is 28.0 Å². The van der Waals surface area contributed by atoms with Crippen LogP contribution in [0, 0.1) is 11.3 Å². The first-order valence-electron chi connectivity index (χ1n) is 9.49. The SMILES string of the molecule is CN(c1ccccc1)S(=O)(=O)c1cccc(C(=O)NCCCc2[nH]nc(N)c2C#N)c1. The highest BCUT2D eigenvalue weighted by Gasteiger charge is 2.22. The van der Waals surface area contributed by atoms with Crippen molar-refractivity contribution in [3.05, 3.63) is 71.4 Å². The molecule has 31 heavy (non-hydrogen) atoms. The second-order valence-electron chi connectivity index (χ2n) is 6.77. The quantitative estimate of drug-likeness (QED) is 0.459. The minimum Gasteiger partial charge on any atom is -0.381 e. The molecule has 1 aromatic heterocycles. The fourth-order valence-electron chi connectivity index (χ4n) is 3.00. The summed E-state index contributed by atoms with van der Waals surface area (Å²) >= 11 is 0. The monoisotopic (exact) mass is 438 g/mol. The van der Waals surface area contributed by atoms with Crippen LogP contribution < -0.4 is 15.4 Å². The third kappa shape index (κ3) is 4.84. The maximum Gasteiger partial charge on any atom is 0.264 e. The number of rotatable bonds is 8. The van der Waals surface area contributed by atoms with E-state index in [0.717, 1.165) is 0 Å². The topological polar surface area (TPSA) is 145 Å². The maximum atomic E-state index is 12.9. The Morgan fingerprint density at radius 1 is 1.23 bits per heavy atom. The molecule has 3 rings (SSSR count). The van der Waals surface area contributed by atoms with Gasteiger partial charge in [0.1, 0.15) is 11.6 Å². The van der Waals surface area contributed by atoms with Gasteiger partial charge in [0, 0.05) is 19.2 Å². The summed E-state index contributed by atoms with van der Waals surface area (Å²) in [5, 5.41) is 18.3. The highest BCUT2D eigenvalue weighted by atomic mass is 32.2. The number of carbonyl (C=O) groups is 1. The second-order valence-corrected chi connectivity index (χ2v) is 8.74. The number of amides is 1. The summed E-state index contributed by atoms with van der Waals surface area (Å²) in [7, 11) is -2.35. The molecule has 1 amide bonds. The Bertz CT molecular complexity index is 1220. The van der Waals surface area contributed by atoms with E-state index in [2.05, 4.69) is 15.5 Å². The number of aryl methyl sites for hydroxylation is 1. The molecule has 1 heterocycles. The van der Waals surface area contributed by atoms with Gasteiger partial charge in [-0.15, -0.1) is 0 Å². The van der Waals surface area contributed by atoms with E-state index in [4.69, 9.17) is 11.0 Å². The molecule has 0 unspecified atom stereocenters. The number of anilines is 2. The van der Waals surface area contributed by atoms with E-state index < -0.39 is 10.0 Å². The molecule has 160 valence electrons. The Hall–Kier alpha value is -3.84. The van der Waals surface area contributed by atoms with Gasteiger partial charge in [-0.1, -0.05) is 24.3 Å². The number of carbonyl (C=O) groups excluding carboxylic acids is 1. The molecular weight excluding hydrogens is 416 g/mol. The van der Waals surface area contributed by atoms with Crippen LogP contribution in [0.15, 0.2) is 59.5 Å².